The Morgan fingerprint density at radius 1 is 1.00 bits per heavy atom. The quantitative estimate of drug-likeness (QED) is 0.308. The van der Waals surface area contributed by atoms with Crippen LogP contribution in [0.4, 0.5) is 0 Å². The van der Waals surface area contributed by atoms with Crippen LogP contribution in [-0.4, -0.2) is 49.9 Å². The number of hydrogen-bond donors (Lipinski definition) is 1. The zero-order valence-electron chi connectivity index (χ0n) is 15.6. The summed E-state index contributed by atoms with van der Waals surface area (Å²) in [7, 11) is 1.33. The van der Waals surface area contributed by atoms with Crippen LogP contribution in [0.1, 0.15) is 33.6 Å². The first kappa shape index (κ1) is 27.4. The second-order valence-corrected chi connectivity index (χ2v) is 4.64. The highest BCUT2D eigenvalue weighted by molar-refractivity contribution is 5.87. The summed E-state index contributed by atoms with van der Waals surface area (Å²) in [6, 6.07) is 0. The number of aliphatic hydroxyl groups is 1. The molecule has 0 saturated heterocycles. The Hall–Kier alpha value is -2.41. The van der Waals surface area contributed by atoms with Crippen LogP contribution in [0.15, 0.2) is 37.0 Å². The standard InChI is InChI=1S/C8H14O2.C5H8O3.C5H8O2/c1-4-5-6-10-8(9)7(2)3;1-2-5(7)8-4-3-6;1-4(2)5(6)7-3/h2,4-6H2,1,3H3;2,6H,1,3-4H2;1H2,2-3H3. The van der Waals surface area contributed by atoms with Crippen molar-refractivity contribution in [1.29, 1.82) is 0 Å². The second-order valence-electron chi connectivity index (χ2n) is 4.64. The Morgan fingerprint density at radius 3 is 1.80 bits per heavy atom. The number of esters is 3. The molecule has 0 radical (unpaired) electrons. The molecule has 0 aliphatic heterocycles. The minimum atomic E-state index is -0.501. The molecule has 0 spiro atoms. The van der Waals surface area contributed by atoms with Crippen molar-refractivity contribution in [3.8, 4) is 0 Å². The number of rotatable bonds is 8. The number of aliphatic hydroxyl groups excluding tert-OH is 1. The van der Waals surface area contributed by atoms with E-state index in [1.165, 1.54) is 7.11 Å². The lowest BCUT2D eigenvalue weighted by molar-refractivity contribution is -0.139. The fraction of sp³-hybridized carbons (Fsp3) is 0.500. The van der Waals surface area contributed by atoms with Gasteiger partial charge in [-0.2, -0.15) is 0 Å². The summed E-state index contributed by atoms with van der Waals surface area (Å²) >= 11 is 0. The molecule has 0 bridgehead atoms. The molecular formula is C18H30O7. The first-order chi connectivity index (χ1) is 11.7. The average Bonchev–Trinajstić information content (AvgIpc) is 2.59. The third-order valence-corrected chi connectivity index (χ3v) is 2.12. The molecule has 1 N–H and O–H groups in total. The topological polar surface area (TPSA) is 99.1 Å². The largest absolute Gasteiger partial charge is 0.466 e. The van der Waals surface area contributed by atoms with Gasteiger partial charge in [0.2, 0.25) is 0 Å². The summed E-state index contributed by atoms with van der Waals surface area (Å²) in [6.07, 6.45) is 3.03. The third kappa shape index (κ3) is 24.0. The number of methoxy groups -OCH3 is 1. The number of carbonyl (C=O) groups excluding carboxylic acids is 3. The molecule has 0 atom stereocenters. The van der Waals surface area contributed by atoms with Crippen LogP contribution in [0.5, 0.6) is 0 Å². The van der Waals surface area contributed by atoms with Crippen LogP contribution < -0.4 is 0 Å². The van der Waals surface area contributed by atoms with E-state index in [1.54, 1.807) is 13.8 Å². The van der Waals surface area contributed by atoms with E-state index in [2.05, 4.69) is 36.1 Å². The van der Waals surface area contributed by atoms with Gasteiger partial charge in [-0.05, 0) is 20.3 Å². The van der Waals surface area contributed by atoms with Crippen molar-refractivity contribution in [2.24, 2.45) is 0 Å². The zero-order chi connectivity index (χ0) is 20.3. The van der Waals surface area contributed by atoms with E-state index in [9.17, 15) is 14.4 Å². The molecule has 0 aliphatic rings. The van der Waals surface area contributed by atoms with Crippen molar-refractivity contribution in [3.63, 3.8) is 0 Å². The summed E-state index contributed by atoms with van der Waals surface area (Å²) in [5.41, 5.74) is 0.901. The van der Waals surface area contributed by atoms with Gasteiger partial charge >= 0.3 is 17.9 Å². The Bertz CT molecular complexity index is 439. The molecular weight excluding hydrogens is 328 g/mol. The lowest BCUT2D eigenvalue weighted by atomic mass is 10.3. The van der Waals surface area contributed by atoms with E-state index < -0.39 is 5.97 Å². The Morgan fingerprint density at radius 2 is 1.52 bits per heavy atom. The first-order valence-electron chi connectivity index (χ1n) is 7.64. The Kier molecular flexibility index (Phi) is 21.6. The molecule has 0 rings (SSSR count). The molecule has 0 aromatic carbocycles. The maximum absolute atomic E-state index is 10.7. The molecule has 0 unspecified atom stereocenters. The summed E-state index contributed by atoms with van der Waals surface area (Å²) in [4.78, 5) is 31.0. The lowest BCUT2D eigenvalue weighted by Crippen LogP contribution is -2.05. The number of carbonyl (C=O) groups is 3. The number of ether oxygens (including phenoxy) is 3. The predicted octanol–water partition coefficient (Wildman–Crippen LogP) is 2.35. The van der Waals surface area contributed by atoms with E-state index in [4.69, 9.17) is 9.84 Å². The molecule has 0 aliphatic carbocycles. The minimum Gasteiger partial charge on any atom is -0.466 e. The fourth-order valence-corrected chi connectivity index (χ4v) is 0.812. The lowest BCUT2D eigenvalue weighted by Gasteiger charge is -2.01. The first-order valence-corrected chi connectivity index (χ1v) is 7.64. The summed E-state index contributed by atoms with van der Waals surface area (Å²) in [5, 5.41) is 8.10. The molecule has 0 saturated carbocycles. The summed E-state index contributed by atoms with van der Waals surface area (Å²) in [6.45, 7) is 15.7. The highest BCUT2D eigenvalue weighted by Gasteiger charge is 2.00. The molecule has 0 aromatic heterocycles. The van der Waals surface area contributed by atoms with Gasteiger partial charge in [0.25, 0.3) is 0 Å². The van der Waals surface area contributed by atoms with Crippen molar-refractivity contribution in [2.75, 3.05) is 26.9 Å². The van der Waals surface area contributed by atoms with Gasteiger partial charge in [-0.25, -0.2) is 14.4 Å². The highest BCUT2D eigenvalue weighted by atomic mass is 16.5. The third-order valence-electron chi connectivity index (χ3n) is 2.12. The summed E-state index contributed by atoms with van der Waals surface area (Å²) in [5.74, 6) is -1.13. The average molecular weight is 358 g/mol. The Balaban J connectivity index is -0.000000296. The van der Waals surface area contributed by atoms with Crippen LogP contribution in [0.3, 0.4) is 0 Å². The van der Waals surface area contributed by atoms with E-state index in [0.29, 0.717) is 17.8 Å². The van der Waals surface area contributed by atoms with Crippen LogP contribution in [-0.2, 0) is 28.6 Å². The van der Waals surface area contributed by atoms with E-state index in [0.717, 1.165) is 18.9 Å². The molecule has 25 heavy (non-hydrogen) atoms. The predicted molar refractivity (Wildman–Crippen MR) is 95.8 cm³/mol. The van der Waals surface area contributed by atoms with Crippen LogP contribution in [0, 0.1) is 0 Å². The molecule has 0 heterocycles. The van der Waals surface area contributed by atoms with E-state index in [-0.39, 0.29) is 25.2 Å². The normalized spacial score (nSPS) is 8.36. The van der Waals surface area contributed by atoms with E-state index in [1.807, 2.05) is 0 Å². The zero-order valence-corrected chi connectivity index (χ0v) is 15.6. The van der Waals surface area contributed by atoms with Gasteiger partial charge in [0.15, 0.2) is 0 Å². The SMILES string of the molecule is C=C(C)C(=O)OC.C=C(C)C(=O)OCCCC.C=CC(=O)OCCO. The second kappa shape index (κ2) is 19.6. The van der Waals surface area contributed by atoms with Crippen molar-refractivity contribution >= 4 is 17.9 Å². The van der Waals surface area contributed by atoms with Gasteiger partial charge < -0.3 is 19.3 Å². The summed E-state index contributed by atoms with van der Waals surface area (Å²) < 4.78 is 13.4. The number of unbranched alkanes of at least 4 members (excludes halogenated alkanes) is 1. The fourth-order valence-electron chi connectivity index (χ4n) is 0.812. The molecule has 7 heteroatoms. The van der Waals surface area contributed by atoms with E-state index >= 15 is 0 Å². The smallest absolute Gasteiger partial charge is 0.333 e. The molecule has 7 nitrogen and oxygen atoms in total. The van der Waals surface area contributed by atoms with Gasteiger partial charge in [0, 0.05) is 17.2 Å². The molecule has 0 aromatic rings. The maximum Gasteiger partial charge on any atom is 0.333 e. The van der Waals surface area contributed by atoms with Gasteiger partial charge in [-0.15, -0.1) is 0 Å². The van der Waals surface area contributed by atoms with Crippen LogP contribution >= 0.6 is 0 Å². The van der Waals surface area contributed by atoms with Gasteiger partial charge in [-0.1, -0.05) is 33.1 Å². The van der Waals surface area contributed by atoms with Crippen molar-refractivity contribution in [3.05, 3.63) is 37.0 Å². The maximum atomic E-state index is 10.7. The molecule has 0 fully saturated rings. The van der Waals surface area contributed by atoms with Crippen LogP contribution in [0.25, 0.3) is 0 Å². The van der Waals surface area contributed by atoms with Crippen LogP contribution in [0.2, 0.25) is 0 Å². The molecule has 0 amide bonds. The highest BCUT2D eigenvalue weighted by Crippen LogP contribution is 1.94. The molecule has 144 valence electrons. The monoisotopic (exact) mass is 358 g/mol. The van der Waals surface area contributed by atoms with Gasteiger partial charge in [0.05, 0.1) is 20.3 Å². The van der Waals surface area contributed by atoms with Crippen molar-refractivity contribution < 1.29 is 33.7 Å². The number of hydrogen-bond acceptors (Lipinski definition) is 7. The Labute approximate surface area is 150 Å². The van der Waals surface area contributed by atoms with Crippen molar-refractivity contribution in [2.45, 2.75) is 33.6 Å². The van der Waals surface area contributed by atoms with Gasteiger partial charge in [-0.3, -0.25) is 0 Å². The van der Waals surface area contributed by atoms with Crippen molar-refractivity contribution in [1.82, 2.24) is 0 Å². The van der Waals surface area contributed by atoms with Gasteiger partial charge in [0.1, 0.15) is 6.61 Å². The minimum absolute atomic E-state index is 0.0465.